The van der Waals surface area contributed by atoms with Gasteiger partial charge >= 0.3 is 0 Å². The first-order valence-electron chi connectivity index (χ1n) is 7.02. The molecule has 1 aromatic carbocycles. The van der Waals surface area contributed by atoms with Crippen molar-refractivity contribution in [3.63, 3.8) is 0 Å². The van der Waals surface area contributed by atoms with Crippen LogP contribution in [-0.4, -0.2) is 30.4 Å². The SMILES string of the molecule is CN(C)/N=C/c1cc(C(C)(C)C)c(O)c(C(C)(C)C)c1. The first-order chi connectivity index (χ1) is 8.93. The van der Waals surface area contributed by atoms with Crippen molar-refractivity contribution in [2.24, 2.45) is 5.10 Å². The van der Waals surface area contributed by atoms with Crippen LogP contribution < -0.4 is 0 Å². The first-order valence-corrected chi connectivity index (χ1v) is 7.02. The zero-order chi connectivity index (χ0) is 15.7. The highest BCUT2D eigenvalue weighted by Crippen LogP contribution is 2.39. The molecule has 0 bridgehead atoms. The summed E-state index contributed by atoms with van der Waals surface area (Å²) in [7, 11) is 3.79. The molecule has 0 aliphatic rings. The van der Waals surface area contributed by atoms with E-state index in [0.29, 0.717) is 5.75 Å². The molecule has 0 amide bonds. The molecule has 0 aliphatic carbocycles. The quantitative estimate of drug-likeness (QED) is 0.657. The molecule has 0 unspecified atom stereocenters. The molecule has 0 saturated carbocycles. The van der Waals surface area contributed by atoms with Crippen LogP contribution in [0.25, 0.3) is 0 Å². The third kappa shape index (κ3) is 3.99. The highest BCUT2D eigenvalue weighted by molar-refractivity contribution is 5.81. The average Bonchev–Trinajstić information content (AvgIpc) is 2.24. The fourth-order valence-corrected chi connectivity index (χ4v) is 2.06. The molecule has 0 heterocycles. The van der Waals surface area contributed by atoms with Gasteiger partial charge in [0.05, 0.1) is 6.21 Å². The zero-order valence-corrected chi connectivity index (χ0v) is 14.1. The van der Waals surface area contributed by atoms with Gasteiger partial charge in [-0.3, -0.25) is 0 Å². The van der Waals surface area contributed by atoms with Crippen molar-refractivity contribution < 1.29 is 5.11 Å². The van der Waals surface area contributed by atoms with E-state index in [-0.39, 0.29) is 10.8 Å². The van der Waals surface area contributed by atoms with Gasteiger partial charge in [0.15, 0.2) is 0 Å². The van der Waals surface area contributed by atoms with Gasteiger partial charge in [0, 0.05) is 25.2 Å². The van der Waals surface area contributed by atoms with E-state index in [1.165, 1.54) is 0 Å². The normalized spacial score (nSPS) is 13.0. The lowest BCUT2D eigenvalue weighted by molar-refractivity contribution is 0.423. The number of phenols is 1. The van der Waals surface area contributed by atoms with Gasteiger partial charge in [0.2, 0.25) is 0 Å². The Morgan fingerprint density at radius 3 is 1.65 bits per heavy atom. The molecule has 0 radical (unpaired) electrons. The van der Waals surface area contributed by atoms with Crippen molar-refractivity contribution in [3.05, 3.63) is 28.8 Å². The number of aromatic hydroxyl groups is 1. The second-order valence-electron chi connectivity index (χ2n) is 7.56. The van der Waals surface area contributed by atoms with Crippen LogP contribution in [0, 0.1) is 0 Å². The zero-order valence-electron chi connectivity index (χ0n) is 14.1. The molecule has 0 saturated heterocycles. The van der Waals surface area contributed by atoms with E-state index in [1.54, 1.807) is 5.01 Å². The Labute approximate surface area is 123 Å². The predicted molar refractivity (Wildman–Crippen MR) is 86.8 cm³/mol. The van der Waals surface area contributed by atoms with Crippen LogP contribution in [0.1, 0.15) is 58.2 Å². The maximum Gasteiger partial charge on any atom is 0.123 e. The molecule has 0 fully saturated rings. The molecule has 0 aromatic heterocycles. The van der Waals surface area contributed by atoms with Crippen LogP contribution in [-0.2, 0) is 10.8 Å². The van der Waals surface area contributed by atoms with Gasteiger partial charge < -0.3 is 10.1 Å². The van der Waals surface area contributed by atoms with Crippen LogP contribution >= 0.6 is 0 Å². The van der Waals surface area contributed by atoms with Crippen molar-refractivity contribution in [3.8, 4) is 5.75 Å². The Bertz CT molecular complexity index is 468. The van der Waals surface area contributed by atoms with Gasteiger partial charge in [0.25, 0.3) is 0 Å². The first kappa shape index (κ1) is 16.5. The van der Waals surface area contributed by atoms with Gasteiger partial charge in [-0.15, -0.1) is 0 Å². The molecule has 112 valence electrons. The lowest BCUT2D eigenvalue weighted by atomic mass is 9.78. The monoisotopic (exact) mass is 276 g/mol. The molecule has 3 heteroatoms. The van der Waals surface area contributed by atoms with E-state index >= 15 is 0 Å². The summed E-state index contributed by atoms with van der Waals surface area (Å²) in [6, 6.07) is 4.05. The molecule has 0 aliphatic heterocycles. The van der Waals surface area contributed by atoms with Crippen LogP contribution in [0.2, 0.25) is 0 Å². The van der Waals surface area contributed by atoms with E-state index in [1.807, 2.05) is 32.4 Å². The van der Waals surface area contributed by atoms with Crippen LogP contribution in [0.15, 0.2) is 17.2 Å². The van der Waals surface area contributed by atoms with E-state index < -0.39 is 0 Å². The van der Waals surface area contributed by atoms with E-state index in [2.05, 4.69) is 46.6 Å². The topological polar surface area (TPSA) is 35.8 Å². The van der Waals surface area contributed by atoms with Crippen molar-refractivity contribution in [1.82, 2.24) is 5.01 Å². The molecular formula is C17H28N2O. The number of hydrazone groups is 1. The summed E-state index contributed by atoms with van der Waals surface area (Å²) >= 11 is 0. The van der Waals surface area contributed by atoms with E-state index in [9.17, 15) is 5.11 Å². The lowest BCUT2D eigenvalue weighted by Gasteiger charge is -2.27. The number of hydrogen-bond donors (Lipinski definition) is 1. The molecule has 0 atom stereocenters. The molecule has 1 N–H and O–H groups in total. The maximum absolute atomic E-state index is 10.6. The third-order valence-electron chi connectivity index (χ3n) is 3.19. The summed E-state index contributed by atoms with van der Waals surface area (Å²) in [5, 5.41) is 16.7. The van der Waals surface area contributed by atoms with Crippen molar-refractivity contribution in [2.45, 2.75) is 52.4 Å². The summed E-state index contributed by atoms with van der Waals surface area (Å²) in [5.41, 5.74) is 2.74. The van der Waals surface area contributed by atoms with Gasteiger partial charge in [0.1, 0.15) is 5.75 Å². The second kappa shape index (κ2) is 5.47. The smallest absolute Gasteiger partial charge is 0.123 e. The largest absolute Gasteiger partial charge is 0.507 e. The average molecular weight is 276 g/mol. The van der Waals surface area contributed by atoms with Crippen molar-refractivity contribution in [1.29, 1.82) is 0 Å². The molecule has 0 spiro atoms. The maximum atomic E-state index is 10.6. The number of hydrogen-bond acceptors (Lipinski definition) is 3. The Morgan fingerprint density at radius 1 is 0.950 bits per heavy atom. The van der Waals surface area contributed by atoms with Gasteiger partial charge in [-0.05, 0) is 28.5 Å². The summed E-state index contributed by atoms with van der Waals surface area (Å²) in [6.07, 6.45) is 1.84. The molecule has 1 aromatic rings. The standard InChI is InChI=1S/C17H28N2O/c1-16(2,3)13-9-12(11-18-19(7)8)10-14(15(13)20)17(4,5)6/h9-11,20H,1-8H3/b18-11+. The molecule has 20 heavy (non-hydrogen) atoms. The number of nitrogens with zero attached hydrogens (tertiary/aromatic N) is 2. The minimum atomic E-state index is -0.105. The van der Waals surface area contributed by atoms with Crippen LogP contribution in [0.5, 0.6) is 5.75 Å². The van der Waals surface area contributed by atoms with Crippen LogP contribution in [0.4, 0.5) is 0 Å². The van der Waals surface area contributed by atoms with Gasteiger partial charge in [-0.1, -0.05) is 41.5 Å². The lowest BCUT2D eigenvalue weighted by Crippen LogP contribution is -2.18. The third-order valence-corrected chi connectivity index (χ3v) is 3.19. The minimum absolute atomic E-state index is 0.105. The predicted octanol–water partition coefficient (Wildman–Crippen LogP) is 3.88. The molecule has 3 nitrogen and oxygen atoms in total. The number of benzene rings is 1. The summed E-state index contributed by atoms with van der Waals surface area (Å²) in [5.74, 6) is 0.409. The Morgan fingerprint density at radius 2 is 1.35 bits per heavy atom. The summed E-state index contributed by atoms with van der Waals surface area (Å²) in [4.78, 5) is 0. The van der Waals surface area contributed by atoms with E-state index in [4.69, 9.17) is 0 Å². The Hall–Kier alpha value is -1.51. The fraction of sp³-hybridized carbons (Fsp3) is 0.588. The second-order valence-corrected chi connectivity index (χ2v) is 7.56. The minimum Gasteiger partial charge on any atom is -0.507 e. The van der Waals surface area contributed by atoms with Crippen molar-refractivity contribution in [2.75, 3.05) is 14.1 Å². The summed E-state index contributed by atoms with van der Waals surface area (Å²) in [6.45, 7) is 12.7. The number of rotatable bonds is 2. The summed E-state index contributed by atoms with van der Waals surface area (Å²) < 4.78 is 0. The number of phenolic OH excluding ortho intramolecular Hbond substituents is 1. The fourth-order valence-electron chi connectivity index (χ4n) is 2.06. The highest BCUT2D eigenvalue weighted by Gasteiger charge is 2.26. The molecular weight excluding hydrogens is 248 g/mol. The van der Waals surface area contributed by atoms with Gasteiger partial charge in [-0.2, -0.15) is 5.10 Å². The van der Waals surface area contributed by atoms with Crippen LogP contribution in [0.3, 0.4) is 0 Å². The van der Waals surface area contributed by atoms with E-state index in [0.717, 1.165) is 16.7 Å². The highest BCUT2D eigenvalue weighted by atomic mass is 16.3. The van der Waals surface area contributed by atoms with Crippen molar-refractivity contribution >= 4 is 6.21 Å². The van der Waals surface area contributed by atoms with Gasteiger partial charge in [-0.25, -0.2) is 0 Å². The Balaban J connectivity index is 3.50. The molecule has 1 rings (SSSR count). The Kier molecular flexibility index (Phi) is 4.52.